The maximum absolute atomic E-state index is 10.7. The molecule has 1 aliphatic carbocycles. The van der Waals surface area contributed by atoms with Crippen molar-refractivity contribution in [2.75, 3.05) is 0 Å². The number of benzene rings is 1. The van der Waals surface area contributed by atoms with Crippen LogP contribution in [0, 0.1) is 0 Å². The monoisotopic (exact) mass is 216 g/mol. The molecule has 0 unspecified atom stereocenters. The summed E-state index contributed by atoms with van der Waals surface area (Å²) in [5, 5.41) is 9.90. The molecule has 0 radical (unpaired) electrons. The summed E-state index contributed by atoms with van der Waals surface area (Å²) in [7, 11) is 0. The van der Waals surface area contributed by atoms with E-state index in [0.717, 1.165) is 16.5 Å². The van der Waals surface area contributed by atoms with Crippen LogP contribution in [-0.4, -0.2) is 11.1 Å². The quantitative estimate of drug-likeness (QED) is 0.858. The first-order valence-electron chi connectivity index (χ1n) is 5.46. The van der Waals surface area contributed by atoms with Gasteiger partial charge in [-0.2, -0.15) is 0 Å². The van der Waals surface area contributed by atoms with Crippen LogP contribution in [0.15, 0.2) is 28.9 Å². The molecule has 1 saturated carbocycles. The Morgan fingerprint density at radius 3 is 2.94 bits per heavy atom. The van der Waals surface area contributed by atoms with Crippen LogP contribution in [0.5, 0.6) is 0 Å². The normalized spacial score (nSPS) is 15.5. The summed E-state index contributed by atoms with van der Waals surface area (Å²) in [5.74, 6) is -0.196. The number of carboxylic acid groups (broad SMARTS) is 1. The van der Waals surface area contributed by atoms with Gasteiger partial charge in [-0.25, -0.2) is 0 Å². The molecule has 0 bridgehead atoms. The Bertz CT molecular complexity index is 549. The van der Waals surface area contributed by atoms with E-state index < -0.39 is 5.97 Å². The highest BCUT2D eigenvalue weighted by atomic mass is 16.4. The van der Waals surface area contributed by atoms with Crippen molar-refractivity contribution in [1.82, 2.24) is 0 Å². The van der Waals surface area contributed by atoms with Crippen LogP contribution in [0.25, 0.3) is 11.0 Å². The van der Waals surface area contributed by atoms with Crippen molar-refractivity contribution in [3.05, 3.63) is 35.6 Å². The number of para-hydroxylation sites is 1. The molecule has 1 N–H and O–H groups in total. The van der Waals surface area contributed by atoms with Gasteiger partial charge >= 0.3 is 5.97 Å². The second-order valence-corrected chi connectivity index (χ2v) is 4.33. The zero-order chi connectivity index (χ0) is 11.1. The van der Waals surface area contributed by atoms with Gasteiger partial charge in [0.25, 0.3) is 0 Å². The largest absolute Gasteiger partial charge is 0.481 e. The molecule has 0 aliphatic heterocycles. The van der Waals surface area contributed by atoms with Crippen LogP contribution in [0.1, 0.15) is 29.9 Å². The molecule has 0 spiro atoms. The van der Waals surface area contributed by atoms with Gasteiger partial charge < -0.3 is 9.52 Å². The molecule has 2 aromatic rings. The highest BCUT2D eigenvalue weighted by molar-refractivity contribution is 5.87. The second-order valence-electron chi connectivity index (χ2n) is 4.33. The minimum absolute atomic E-state index is 0.0228. The summed E-state index contributed by atoms with van der Waals surface area (Å²) in [4.78, 5) is 10.7. The van der Waals surface area contributed by atoms with E-state index in [-0.39, 0.29) is 6.42 Å². The van der Waals surface area contributed by atoms with Gasteiger partial charge in [0.2, 0.25) is 0 Å². The summed E-state index contributed by atoms with van der Waals surface area (Å²) in [6.07, 6.45) is 4.25. The Kier molecular flexibility index (Phi) is 1.99. The van der Waals surface area contributed by atoms with Crippen molar-refractivity contribution >= 4 is 16.9 Å². The molecule has 1 fully saturated rings. The summed E-state index contributed by atoms with van der Waals surface area (Å²) < 4.78 is 5.52. The van der Waals surface area contributed by atoms with Crippen LogP contribution in [0.4, 0.5) is 0 Å². The topological polar surface area (TPSA) is 50.4 Å². The SMILES string of the molecule is O=C(O)Cc1cccc2c(C3CC3)coc12. The van der Waals surface area contributed by atoms with Gasteiger partial charge in [-0.1, -0.05) is 18.2 Å². The van der Waals surface area contributed by atoms with Crippen molar-refractivity contribution in [3.8, 4) is 0 Å². The molecule has 1 aliphatic rings. The van der Waals surface area contributed by atoms with Crippen LogP contribution in [0.2, 0.25) is 0 Å². The number of carboxylic acids is 1. The molecule has 82 valence electrons. The molecule has 3 rings (SSSR count). The van der Waals surface area contributed by atoms with Gasteiger partial charge in [-0.05, 0) is 18.8 Å². The summed E-state index contributed by atoms with van der Waals surface area (Å²) >= 11 is 0. The molecule has 1 aromatic carbocycles. The predicted octanol–water partition coefficient (Wildman–Crippen LogP) is 2.94. The van der Waals surface area contributed by atoms with Crippen LogP contribution >= 0.6 is 0 Å². The van der Waals surface area contributed by atoms with Crippen LogP contribution in [0.3, 0.4) is 0 Å². The molecule has 1 aromatic heterocycles. The molecule has 3 nitrogen and oxygen atoms in total. The van der Waals surface area contributed by atoms with Crippen molar-refractivity contribution in [3.63, 3.8) is 0 Å². The highest BCUT2D eigenvalue weighted by Gasteiger charge is 2.27. The van der Waals surface area contributed by atoms with Gasteiger partial charge in [0.15, 0.2) is 0 Å². The lowest BCUT2D eigenvalue weighted by Gasteiger charge is -1.98. The third-order valence-corrected chi connectivity index (χ3v) is 3.07. The van der Waals surface area contributed by atoms with Gasteiger partial charge in [-0.3, -0.25) is 4.79 Å². The third-order valence-electron chi connectivity index (χ3n) is 3.07. The van der Waals surface area contributed by atoms with E-state index in [9.17, 15) is 4.79 Å². The van der Waals surface area contributed by atoms with Gasteiger partial charge in [-0.15, -0.1) is 0 Å². The van der Waals surface area contributed by atoms with Crippen LogP contribution < -0.4 is 0 Å². The van der Waals surface area contributed by atoms with Crippen molar-refractivity contribution in [1.29, 1.82) is 0 Å². The Labute approximate surface area is 92.7 Å². The lowest BCUT2D eigenvalue weighted by Crippen LogP contribution is -1.99. The van der Waals surface area contributed by atoms with E-state index in [1.54, 1.807) is 6.26 Å². The smallest absolute Gasteiger partial charge is 0.307 e. The summed E-state index contributed by atoms with van der Waals surface area (Å²) in [5.41, 5.74) is 2.74. The molecule has 0 saturated heterocycles. The molecular formula is C13H12O3. The molecule has 16 heavy (non-hydrogen) atoms. The lowest BCUT2D eigenvalue weighted by atomic mass is 10.0. The van der Waals surface area contributed by atoms with Crippen molar-refractivity contribution < 1.29 is 14.3 Å². The van der Waals surface area contributed by atoms with Crippen molar-refractivity contribution in [2.45, 2.75) is 25.2 Å². The fourth-order valence-corrected chi connectivity index (χ4v) is 2.15. The summed E-state index contributed by atoms with van der Waals surface area (Å²) in [6, 6.07) is 5.73. The van der Waals surface area contributed by atoms with E-state index in [2.05, 4.69) is 0 Å². The Morgan fingerprint density at radius 1 is 1.44 bits per heavy atom. The van der Waals surface area contributed by atoms with Crippen LogP contribution in [-0.2, 0) is 11.2 Å². The van der Waals surface area contributed by atoms with Gasteiger partial charge in [0, 0.05) is 16.5 Å². The number of hydrogen-bond donors (Lipinski definition) is 1. The number of carbonyl (C=O) groups is 1. The molecule has 3 heteroatoms. The number of rotatable bonds is 3. The number of fused-ring (bicyclic) bond motifs is 1. The van der Waals surface area contributed by atoms with E-state index in [4.69, 9.17) is 9.52 Å². The zero-order valence-electron chi connectivity index (χ0n) is 8.77. The Morgan fingerprint density at radius 2 is 2.25 bits per heavy atom. The Balaban J connectivity index is 2.12. The average molecular weight is 216 g/mol. The van der Waals surface area contributed by atoms with Gasteiger partial charge in [0.1, 0.15) is 5.58 Å². The summed E-state index contributed by atoms with van der Waals surface area (Å²) in [6.45, 7) is 0. The Hall–Kier alpha value is -1.77. The number of hydrogen-bond acceptors (Lipinski definition) is 2. The number of furan rings is 1. The standard InChI is InChI=1S/C13H12O3/c14-12(15)6-9-2-1-3-10-11(8-4-5-8)7-16-13(9)10/h1-3,7-8H,4-6H2,(H,14,15). The minimum Gasteiger partial charge on any atom is -0.481 e. The van der Waals surface area contributed by atoms with Crippen molar-refractivity contribution in [2.24, 2.45) is 0 Å². The first-order valence-corrected chi connectivity index (χ1v) is 5.46. The average Bonchev–Trinajstić information content (AvgIpc) is 2.98. The molecular weight excluding hydrogens is 204 g/mol. The van der Waals surface area contributed by atoms with E-state index in [1.165, 1.54) is 18.4 Å². The molecule has 0 atom stereocenters. The maximum atomic E-state index is 10.7. The predicted molar refractivity (Wildman–Crippen MR) is 59.5 cm³/mol. The molecule has 0 amide bonds. The lowest BCUT2D eigenvalue weighted by molar-refractivity contribution is -0.136. The fraction of sp³-hybridized carbons (Fsp3) is 0.308. The second kappa shape index (κ2) is 3.37. The van der Waals surface area contributed by atoms with E-state index in [1.807, 2.05) is 18.2 Å². The fourth-order valence-electron chi connectivity index (χ4n) is 2.15. The number of aliphatic carboxylic acids is 1. The minimum atomic E-state index is -0.822. The van der Waals surface area contributed by atoms with E-state index >= 15 is 0 Å². The third kappa shape index (κ3) is 1.48. The van der Waals surface area contributed by atoms with Gasteiger partial charge in [0.05, 0.1) is 12.7 Å². The first-order chi connectivity index (χ1) is 7.75. The zero-order valence-corrected chi connectivity index (χ0v) is 8.77. The maximum Gasteiger partial charge on any atom is 0.307 e. The van der Waals surface area contributed by atoms with E-state index in [0.29, 0.717) is 5.92 Å². The molecule has 1 heterocycles. The highest BCUT2D eigenvalue weighted by Crippen LogP contribution is 2.44. The first kappa shape index (κ1) is 9.46.